The molecule has 0 bridgehead atoms. The third kappa shape index (κ3) is 2.89. The Kier molecular flexibility index (Phi) is 3.64. The minimum atomic E-state index is -4.91. The molecule has 0 atom stereocenters. The van der Waals surface area contributed by atoms with Crippen molar-refractivity contribution in [3.05, 3.63) is 39.8 Å². The molecule has 0 aliphatic rings. The van der Waals surface area contributed by atoms with Crippen LogP contribution in [0.4, 0.5) is 19.1 Å². The molecule has 0 aliphatic carbocycles. The lowest BCUT2D eigenvalue weighted by Crippen LogP contribution is -2.46. The molecule has 0 saturated carbocycles. The third-order valence-corrected chi connectivity index (χ3v) is 2.59. The first-order valence-electron chi connectivity index (χ1n) is 5.14. The number of hydrogen-bond acceptors (Lipinski definition) is 5. The summed E-state index contributed by atoms with van der Waals surface area (Å²) in [5.41, 5.74) is -0.768. The summed E-state index contributed by atoms with van der Waals surface area (Å²) in [7, 11) is 0. The fourth-order valence-electron chi connectivity index (χ4n) is 1.37. The molecule has 0 saturated heterocycles. The summed E-state index contributed by atoms with van der Waals surface area (Å²) in [5, 5.41) is -0.439. The number of H-pyrrole nitrogens is 1. The van der Waals surface area contributed by atoms with Crippen LogP contribution in [0.1, 0.15) is 0 Å². The average Bonchev–Trinajstić information content (AvgIpc) is 2.36. The Labute approximate surface area is 115 Å². The number of hydrazine groups is 1. The molecular weight excluding hydrogens is 299 g/mol. The Morgan fingerprint density at radius 1 is 1.25 bits per heavy atom. The van der Waals surface area contributed by atoms with Crippen molar-refractivity contribution < 1.29 is 13.2 Å². The number of rotatable bonds is 2. The van der Waals surface area contributed by atoms with Gasteiger partial charge in [0.15, 0.2) is 0 Å². The molecule has 3 N–H and O–H groups in total. The molecule has 0 aliphatic heterocycles. The van der Waals surface area contributed by atoms with Crippen molar-refractivity contribution in [2.24, 2.45) is 5.84 Å². The van der Waals surface area contributed by atoms with Gasteiger partial charge in [0.25, 0.3) is 5.95 Å². The van der Waals surface area contributed by atoms with E-state index in [9.17, 15) is 18.0 Å². The Morgan fingerprint density at radius 2 is 1.90 bits per heavy atom. The lowest BCUT2D eigenvalue weighted by atomic mass is 10.2. The summed E-state index contributed by atoms with van der Waals surface area (Å²) in [6.45, 7) is 0. The molecule has 0 fully saturated rings. The summed E-state index contributed by atoms with van der Waals surface area (Å²) in [6.07, 6.45) is -4.91. The maximum absolute atomic E-state index is 12.5. The molecule has 1 aromatic carbocycles. The molecule has 0 amide bonds. The number of aromatic amines is 1. The predicted molar refractivity (Wildman–Crippen MR) is 65.8 cm³/mol. The van der Waals surface area contributed by atoms with E-state index < -0.39 is 22.9 Å². The van der Waals surface area contributed by atoms with Gasteiger partial charge in [0.05, 0.1) is 5.02 Å². The number of benzene rings is 1. The Hall–Kier alpha value is -2.13. The monoisotopic (exact) mass is 305 g/mol. The van der Waals surface area contributed by atoms with Gasteiger partial charge in [0, 0.05) is 5.56 Å². The highest BCUT2D eigenvalue weighted by atomic mass is 35.5. The second-order valence-corrected chi connectivity index (χ2v) is 4.03. The Balaban J connectivity index is 2.56. The van der Waals surface area contributed by atoms with Gasteiger partial charge in [-0.3, -0.25) is 4.98 Å². The molecule has 0 radical (unpaired) electrons. The Morgan fingerprint density at radius 3 is 2.50 bits per heavy atom. The standard InChI is InChI=1S/C10H7ClF3N5O/c11-6-4-2-1-3-5(6)7-16-8(18-9(20)17-7)19(15)10(12,13)14/h1-4H,15H2,(H,16,17,18,20). The molecule has 0 unspecified atom stereocenters. The van der Waals surface area contributed by atoms with Gasteiger partial charge in [0.2, 0.25) is 0 Å². The lowest BCUT2D eigenvalue weighted by Gasteiger charge is -2.18. The van der Waals surface area contributed by atoms with Crippen LogP contribution in [-0.2, 0) is 0 Å². The van der Waals surface area contributed by atoms with Crippen LogP contribution in [-0.4, -0.2) is 21.3 Å². The van der Waals surface area contributed by atoms with E-state index in [1.165, 1.54) is 12.1 Å². The van der Waals surface area contributed by atoms with Crippen molar-refractivity contribution in [3.8, 4) is 11.4 Å². The van der Waals surface area contributed by atoms with Crippen LogP contribution >= 0.6 is 11.6 Å². The van der Waals surface area contributed by atoms with E-state index in [1.807, 2.05) is 0 Å². The van der Waals surface area contributed by atoms with Gasteiger partial charge in [-0.05, 0) is 12.1 Å². The highest BCUT2D eigenvalue weighted by Gasteiger charge is 2.38. The normalized spacial score (nSPS) is 11.4. The van der Waals surface area contributed by atoms with Crippen LogP contribution in [0.2, 0.25) is 5.02 Å². The molecule has 10 heteroatoms. The third-order valence-electron chi connectivity index (χ3n) is 2.26. The molecular formula is C10H7ClF3N5O. The molecule has 2 aromatic rings. The van der Waals surface area contributed by atoms with Crippen LogP contribution in [0.5, 0.6) is 0 Å². The predicted octanol–water partition coefficient (Wildman–Crippen LogP) is 1.69. The van der Waals surface area contributed by atoms with Crippen LogP contribution in [0.15, 0.2) is 29.1 Å². The first-order valence-corrected chi connectivity index (χ1v) is 5.52. The maximum atomic E-state index is 12.5. The quantitative estimate of drug-likeness (QED) is 0.501. The maximum Gasteiger partial charge on any atom is 0.501 e. The number of nitrogens with zero attached hydrogens (tertiary/aromatic N) is 3. The largest absolute Gasteiger partial charge is 0.501 e. The molecule has 2 rings (SSSR count). The summed E-state index contributed by atoms with van der Waals surface area (Å²) >= 11 is 5.88. The number of halogens is 4. The van der Waals surface area contributed by atoms with Gasteiger partial charge in [-0.1, -0.05) is 23.7 Å². The molecule has 0 spiro atoms. The zero-order chi connectivity index (χ0) is 14.9. The summed E-state index contributed by atoms with van der Waals surface area (Å²) < 4.78 is 37.4. The number of alkyl halides is 3. The van der Waals surface area contributed by atoms with Gasteiger partial charge in [-0.2, -0.15) is 15.0 Å². The second kappa shape index (κ2) is 5.10. The average molecular weight is 306 g/mol. The molecule has 1 heterocycles. The van der Waals surface area contributed by atoms with Gasteiger partial charge in [-0.15, -0.1) is 13.2 Å². The van der Waals surface area contributed by atoms with E-state index in [0.29, 0.717) is 0 Å². The second-order valence-electron chi connectivity index (χ2n) is 3.62. The van der Waals surface area contributed by atoms with Crippen LogP contribution < -0.4 is 16.5 Å². The van der Waals surface area contributed by atoms with Gasteiger partial charge in [-0.25, -0.2) is 10.6 Å². The van der Waals surface area contributed by atoms with E-state index in [0.717, 1.165) is 0 Å². The molecule has 106 valence electrons. The number of aromatic nitrogens is 3. The van der Waals surface area contributed by atoms with Crippen molar-refractivity contribution in [2.75, 3.05) is 5.01 Å². The van der Waals surface area contributed by atoms with Crippen LogP contribution in [0.25, 0.3) is 11.4 Å². The number of anilines is 1. The molecule has 20 heavy (non-hydrogen) atoms. The fraction of sp³-hybridized carbons (Fsp3) is 0.100. The van der Waals surface area contributed by atoms with Gasteiger partial charge in [0.1, 0.15) is 5.82 Å². The summed E-state index contributed by atoms with van der Waals surface area (Å²) in [4.78, 5) is 20.2. The zero-order valence-electron chi connectivity index (χ0n) is 9.65. The van der Waals surface area contributed by atoms with Crippen LogP contribution in [0.3, 0.4) is 0 Å². The fourth-order valence-corrected chi connectivity index (χ4v) is 1.60. The van der Waals surface area contributed by atoms with Crippen molar-refractivity contribution in [3.63, 3.8) is 0 Å². The van der Waals surface area contributed by atoms with Gasteiger partial charge < -0.3 is 0 Å². The van der Waals surface area contributed by atoms with E-state index in [-0.39, 0.29) is 16.4 Å². The molecule has 1 aromatic heterocycles. The zero-order valence-corrected chi connectivity index (χ0v) is 10.4. The molecule has 6 nitrogen and oxygen atoms in total. The topological polar surface area (TPSA) is 87.9 Å². The van der Waals surface area contributed by atoms with E-state index in [4.69, 9.17) is 17.4 Å². The SMILES string of the molecule is NN(c1nc(-c2ccccc2Cl)[nH]c(=O)n1)C(F)(F)F. The number of nitrogens with one attached hydrogen (secondary N) is 1. The first kappa shape index (κ1) is 14.3. The lowest BCUT2D eigenvalue weighted by molar-refractivity contribution is -0.130. The van der Waals surface area contributed by atoms with E-state index >= 15 is 0 Å². The van der Waals surface area contributed by atoms with Gasteiger partial charge >= 0.3 is 12.0 Å². The summed E-state index contributed by atoms with van der Waals surface area (Å²) in [6, 6.07) is 6.20. The number of nitrogens with two attached hydrogens (primary N) is 1. The highest BCUT2D eigenvalue weighted by Crippen LogP contribution is 2.26. The minimum absolute atomic E-state index is 0.162. The van der Waals surface area contributed by atoms with E-state index in [1.54, 1.807) is 12.1 Å². The summed E-state index contributed by atoms with van der Waals surface area (Å²) in [5.74, 6) is 3.69. The van der Waals surface area contributed by atoms with Crippen LogP contribution in [0, 0.1) is 0 Å². The highest BCUT2D eigenvalue weighted by molar-refractivity contribution is 6.33. The van der Waals surface area contributed by atoms with Crippen molar-refractivity contribution in [1.82, 2.24) is 15.0 Å². The smallest absolute Gasteiger partial charge is 0.290 e. The minimum Gasteiger partial charge on any atom is -0.290 e. The first-order chi connectivity index (χ1) is 9.29. The van der Waals surface area contributed by atoms with Crippen molar-refractivity contribution in [2.45, 2.75) is 6.30 Å². The van der Waals surface area contributed by atoms with Crippen molar-refractivity contribution in [1.29, 1.82) is 0 Å². The van der Waals surface area contributed by atoms with Crippen molar-refractivity contribution >= 4 is 17.5 Å². The van der Waals surface area contributed by atoms with E-state index in [2.05, 4.69) is 15.0 Å². The number of hydrogen-bond donors (Lipinski definition) is 2. The Bertz CT molecular complexity index is 687.